The number of halogens is 1. The maximum Gasteiger partial charge on any atom is 0.294 e. The number of aromatic hydroxyl groups is 1. The van der Waals surface area contributed by atoms with E-state index < -0.39 is 17.2 Å². The average Bonchev–Trinajstić information content (AvgIpc) is 2.65. The van der Waals surface area contributed by atoms with Crippen LogP contribution in [0.1, 0.15) is 21.6 Å². The molecular weight excluding hydrogens is 368 g/mol. The number of amides is 1. The SMILES string of the molecule is Cc1cc(Cl)ccc1-c1nc(C(=O)NCCc2ccncc2)c(O)c(=O)[nH]1. The van der Waals surface area contributed by atoms with Gasteiger partial charge in [0.15, 0.2) is 5.69 Å². The lowest BCUT2D eigenvalue weighted by Crippen LogP contribution is -2.28. The number of aromatic amines is 1. The summed E-state index contributed by atoms with van der Waals surface area (Å²) in [5.41, 5.74) is 1.29. The number of carbonyl (C=O) groups is 1. The molecule has 0 atom stereocenters. The molecule has 0 bridgehead atoms. The minimum absolute atomic E-state index is 0.186. The number of aromatic nitrogens is 3. The zero-order chi connectivity index (χ0) is 19.4. The summed E-state index contributed by atoms with van der Waals surface area (Å²) in [4.78, 5) is 35.0. The summed E-state index contributed by atoms with van der Waals surface area (Å²) < 4.78 is 0. The predicted octanol–water partition coefficient (Wildman–Crippen LogP) is 2.47. The molecule has 27 heavy (non-hydrogen) atoms. The molecule has 7 nitrogen and oxygen atoms in total. The Bertz CT molecular complexity index is 1030. The lowest BCUT2D eigenvalue weighted by Gasteiger charge is -2.10. The molecule has 0 saturated carbocycles. The van der Waals surface area contributed by atoms with E-state index in [4.69, 9.17) is 11.6 Å². The third-order valence-corrected chi connectivity index (χ3v) is 4.24. The van der Waals surface area contributed by atoms with Gasteiger partial charge in [0.05, 0.1) is 0 Å². The Morgan fingerprint density at radius 2 is 2.00 bits per heavy atom. The van der Waals surface area contributed by atoms with Crippen LogP contribution in [0.2, 0.25) is 5.02 Å². The Morgan fingerprint density at radius 1 is 1.26 bits per heavy atom. The maximum absolute atomic E-state index is 12.4. The summed E-state index contributed by atoms with van der Waals surface area (Å²) in [6.07, 6.45) is 3.92. The van der Waals surface area contributed by atoms with Crippen LogP contribution in [0.4, 0.5) is 0 Å². The highest BCUT2D eigenvalue weighted by atomic mass is 35.5. The Balaban J connectivity index is 1.83. The van der Waals surface area contributed by atoms with Crippen molar-refractivity contribution in [2.24, 2.45) is 0 Å². The molecule has 2 heterocycles. The first-order chi connectivity index (χ1) is 13.0. The monoisotopic (exact) mass is 384 g/mol. The Hall–Kier alpha value is -3.19. The Kier molecular flexibility index (Phi) is 5.52. The van der Waals surface area contributed by atoms with Gasteiger partial charge in [0.1, 0.15) is 5.82 Å². The molecular formula is C19H17ClN4O3. The molecule has 8 heteroatoms. The van der Waals surface area contributed by atoms with E-state index in [-0.39, 0.29) is 11.5 Å². The van der Waals surface area contributed by atoms with E-state index in [1.807, 2.05) is 19.1 Å². The zero-order valence-electron chi connectivity index (χ0n) is 14.5. The second-order valence-corrected chi connectivity index (χ2v) is 6.37. The van der Waals surface area contributed by atoms with E-state index in [1.54, 1.807) is 30.6 Å². The molecule has 0 aliphatic rings. The fourth-order valence-corrected chi connectivity index (χ4v) is 2.83. The number of nitrogens with one attached hydrogen (secondary N) is 2. The minimum atomic E-state index is -0.784. The molecule has 0 saturated heterocycles. The van der Waals surface area contributed by atoms with Gasteiger partial charge in [0.25, 0.3) is 11.5 Å². The maximum atomic E-state index is 12.4. The summed E-state index contributed by atoms with van der Waals surface area (Å²) in [6.45, 7) is 2.13. The molecule has 3 rings (SSSR count). The van der Waals surface area contributed by atoms with Gasteiger partial charge in [0, 0.05) is 29.5 Å². The van der Waals surface area contributed by atoms with Crippen molar-refractivity contribution in [2.75, 3.05) is 6.54 Å². The number of nitrogens with zero attached hydrogens (tertiary/aromatic N) is 2. The molecule has 1 aromatic carbocycles. The number of carbonyl (C=O) groups excluding carboxylic acids is 1. The van der Waals surface area contributed by atoms with E-state index in [0.717, 1.165) is 11.1 Å². The lowest BCUT2D eigenvalue weighted by molar-refractivity contribution is 0.0946. The van der Waals surface area contributed by atoms with Crippen LogP contribution in [0.5, 0.6) is 5.75 Å². The van der Waals surface area contributed by atoms with Crippen molar-refractivity contribution in [3.63, 3.8) is 0 Å². The number of rotatable bonds is 5. The molecule has 0 spiro atoms. The predicted molar refractivity (Wildman–Crippen MR) is 102 cm³/mol. The molecule has 138 valence electrons. The quantitative estimate of drug-likeness (QED) is 0.626. The van der Waals surface area contributed by atoms with Crippen LogP contribution in [0.25, 0.3) is 11.4 Å². The topological polar surface area (TPSA) is 108 Å². The van der Waals surface area contributed by atoms with Crippen LogP contribution in [-0.2, 0) is 6.42 Å². The van der Waals surface area contributed by atoms with Crippen LogP contribution < -0.4 is 10.9 Å². The molecule has 2 aromatic heterocycles. The number of benzene rings is 1. The van der Waals surface area contributed by atoms with Gasteiger partial charge in [-0.05, 0) is 54.8 Å². The van der Waals surface area contributed by atoms with Crippen molar-refractivity contribution in [1.82, 2.24) is 20.3 Å². The van der Waals surface area contributed by atoms with Crippen LogP contribution >= 0.6 is 11.6 Å². The van der Waals surface area contributed by atoms with Crippen molar-refractivity contribution in [2.45, 2.75) is 13.3 Å². The Labute approximate surface area is 160 Å². The van der Waals surface area contributed by atoms with Crippen molar-refractivity contribution in [1.29, 1.82) is 0 Å². The molecule has 3 aromatic rings. The van der Waals surface area contributed by atoms with Gasteiger partial charge in [-0.15, -0.1) is 0 Å². The summed E-state index contributed by atoms with van der Waals surface area (Å²) in [7, 11) is 0. The molecule has 0 fully saturated rings. The largest absolute Gasteiger partial charge is 0.501 e. The number of H-pyrrole nitrogens is 1. The molecule has 0 radical (unpaired) electrons. The zero-order valence-corrected chi connectivity index (χ0v) is 15.2. The number of hydrogen-bond donors (Lipinski definition) is 3. The summed E-state index contributed by atoms with van der Waals surface area (Å²) in [5, 5.41) is 13.2. The van der Waals surface area contributed by atoms with Crippen LogP contribution in [-0.4, -0.2) is 32.5 Å². The highest BCUT2D eigenvalue weighted by Crippen LogP contribution is 2.23. The van der Waals surface area contributed by atoms with Gasteiger partial charge in [-0.25, -0.2) is 4.98 Å². The first-order valence-corrected chi connectivity index (χ1v) is 8.60. The van der Waals surface area contributed by atoms with Crippen molar-refractivity contribution >= 4 is 17.5 Å². The second kappa shape index (κ2) is 8.01. The molecule has 0 aliphatic heterocycles. The first kappa shape index (κ1) is 18.6. The smallest absolute Gasteiger partial charge is 0.294 e. The standard InChI is InChI=1S/C19H17ClN4O3/c1-11-10-13(20)2-3-14(11)17-23-15(16(25)19(27)24-17)18(26)22-9-6-12-4-7-21-8-5-12/h2-5,7-8,10,25H,6,9H2,1H3,(H,22,26)(H,23,24,27). The van der Waals surface area contributed by atoms with E-state index in [2.05, 4.69) is 20.3 Å². The van der Waals surface area contributed by atoms with E-state index in [9.17, 15) is 14.7 Å². The van der Waals surface area contributed by atoms with Gasteiger partial charge < -0.3 is 15.4 Å². The first-order valence-electron chi connectivity index (χ1n) is 8.22. The van der Waals surface area contributed by atoms with Crippen molar-refractivity contribution < 1.29 is 9.90 Å². The minimum Gasteiger partial charge on any atom is -0.501 e. The normalized spacial score (nSPS) is 10.6. The van der Waals surface area contributed by atoms with Crippen molar-refractivity contribution in [3.8, 4) is 17.1 Å². The third-order valence-electron chi connectivity index (χ3n) is 4.00. The van der Waals surface area contributed by atoms with E-state index in [1.165, 1.54) is 0 Å². The van der Waals surface area contributed by atoms with Gasteiger partial charge in [-0.1, -0.05) is 11.6 Å². The highest BCUT2D eigenvalue weighted by Gasteiger charge is 2.19. The molecule has 1 amide bonds. The van der Waals surface area contributed by atoms with Crippen LogP contribution in [0.15, 0.2) is 47.5 Å². The lowest BCUT2D eigenvalue weighted by atomic mass is 10.1. The summed E-state index contributed by atoms with van der Waals surface area (Å²) in [5.74, 6) is -1.15. The van der Waals surface area contributed by atoms with Crippen LogP contribution in [0, 0.1) is 6.92 Å². The number of aryl methyl sites for hydroxylation is 1. The summed E-state index contributed by atoms with van der Waals surface area (Å²) in [6, 6.07) is 8.76. The average molecular weight is 385 g/mol. The second-order valence-electron chi connectivity index (χ2n) is 5.93. The van der Waals surface area contributed by atoms with E-state index in [0.29, 0.717) is 23.6 Å². The van der Waals surface area contributed by atoms with Gasteiger partial charge in [-0.3, -0.25) is 14.6 Å². The molecule has 0 aliphatic carbocycles. The number of hydrogen-bond acceptors (Lipinski definition) is 5. The number of pyridine rings is 1. The van der Waals surface area contributed by atoms with Gasteiger partial charge in [-0.2, -0.15) is 0 Å². The fourth-order valence-electron chi connectivity index (χ4n) is 2.60. The molecule has 0 unspecified atom stereocenters. The fraction of sp³-hybridized carbons (Fsp3) is 0.158. The van der Waals surface area contributed by atoms with E-state index >= 15 is 0 Å². The van der Waals surface area contributed by atoms with Crippen LogP contribution in [0.3, 0.4) is 0 Å². The Morgan fingerprint density at radius 3 is 2.70 bits per heavy atom. The highest BCUT2D eigenvalue weighted by molar-refractivity contribution is 6.30. The third kappa shape index (κ3) is 4.32. The van der Waals surface area contributed by atoms with Gasteiger partial charge in [0.2, 0.25) is 5.75 Å². The van der Waals surface area contributed by atoms with Gasteiger partial charge >= 0.3 is 0 Å². The molecule has 3 N–H and O–H groups in total. The van der Waals surface area contributed by atoms with Crippen molar-refractivity contribution in [3.05, 3.63) is 74.9 Å². The summed E-state index contributed by atoms with van der Waals surface area (Å²) >= 11 is 5.95.